The second-order valence-corrected chi connectivity index (χ2v) is 5.86. The first-order valence-electron chi connectivity index (χ1n) is 7.28. The van der Waals surface area contributed by atoms with Crippen molar-refractivity contribution in [1.29, 1.82) is 0 Å². The number of benzene rings is 1. The Kier molecular flexibility index (Phi) is 3.88. The molecule has 0 aliphatic rings. The summed E-state index contributed by atoms with van der Waals surface area (Å²) in [5.41, 5.74) is -1.44. The molecule has 5 nitrogen and oxygen atoms in total. The molecule has 0 N–H and O–H groups in total. The third kappa shape index (κ3) is 3.01. The van der Waals surface area contributed by atoms with Gasteiger partial charge in [-0.05, 0) is 18.2 Å². The molecule has 0 saturated heterocycles. The van der Waals surface area contributed by atoms with Gasteiger partial charge in [-0.3, -0.25) is 0 Å². The van der Waals surface area contributed by atoms with E-state index in [1.54, 1.807) is 0 Å². The number of alkyl halides is 3. The molecule has 1 aromatic carbocycles. The Balaban J connectivity index is 1.80. The molecular formula is C16H6ClF5N4O. The van der Waals surface area contributed by atoms with Gasteiger partial charge in [-0.2, -0.15) is 18.2 Å². The summed E-state index contributed by atoms with van der Waals surface area (Å²) in [6, 6.07) is 3.97. The molecule has 0 radical (unpaired) electrons. The average Bonchev–Trinajstić information content (AvgIpc) is 3.20. The van der Waals surface area contributed by atoms with Gasteiger partial charge in [-0.25, -0.2) is 13.8 Å². The van der Waals surface area contributed by atoms with Crippen LogP contribution in [0, 0.1) is 11.6 Å². The van der Waals surface area contributed by atoms with Crippen LogP contribution in [0.15, 0.2) is 41.2 Å². The fourth-order valence-electron chi connectivity index (χ4n) is 2.46. The fourth-order valence-corrected chi connectivity index (χ4v) is 2.71. The van der Waals surface area contributed by atoms with E-state index in [4.69, 9.17) is 16.1 Å². The lowest BCUT2D eigenvalue weighted by molar-refractivity contribution is -0.137. The van der Waals surface area contributed by atoms with E-state index in [9.17, 15) is 22.0 Å². The van der Waals surface area contributed by atoms with E-state index in [1.807, 2.05) is 0 Å². The first-order valence-corrected chi connectivity index (χ1v) is 7.66. The van der Waals surface area contributed by atoms with Gasteiger partial charge in [0.2, 0.25) is 5.82 Å². The largest absolute Gasteiger partial charge is 0.417 e. The van der Waals surface area contributed by atoms with Crippen LogP contribution in [-0.4, -0.2) is 19.5 Å². The van der Waals surface area contributed by atoms with Crippen LogP contribution >= 0.6 is 11.6 Å². The molecule has 138 valence electrons. The fraction of sp³-hybridized carbons (Fsp3) is 0.0625. The zero-order valence-corrected chi connectivity index (χ0v) is 13.7. The highest BCUT2D eigenvalue weighted by Gasteiger charge is 2.32. The van der Waals surface area contributed by atoms with Crippen molar-refractivity contribution < 1.29 is 26.5 Å². The second-order valence-electron chi connectivity index (χ2n) is 5.45. The number of hydrogen-bond donors (Lipinski definition) is 0. The van der Waals surface area contributed by atoms with Crippen LogP contribution in [0.25, 0.3) is 28.6 Å². The van der Waals surface area contributed by atoms with Gasteiger partial charge >= 0.3 is 6.18 Å². The Morgan fingerprint density at radius 3 is 2.41 bits per heavy atom. The van der Waals surface area contributed by atoms with Gasteiger partial charge in [0.15, 0.2) is 5.65 Å². The normalized spacial score (nSPS) is 12.1. The first kappa shape index (κ1) is 17.4. The van der Waals surface area contributed by atoms with Crippen molar-refractivity contribution in [3.05, 3.63) is 58.9 Å². The van der Waals surface area contributed by atoms with Gasteiger partial charge in [0.05, 0.1) is 16.1 Å². The Bertz CT molecular complexity index is 1150. The van der Waals surface area contributed by atoms with Gasteiger partial charge in [-0.1, -0.05) is 22.8 Å². The monoisotopic (exact) mass is 400 g/mol. The molecule has 0 bridgehead atoms. The van der Waals surface area contributed by atoms with E-state index in [-0.39, 0.29) is 28.1 Å². The van der Waals surface area contributed by atoms with Crippen LogP contribution in [-0.2, 0) is 6.18 Å². The summed E-state index contributed by atoms with van der Waals surface area (Å²) in [5, 5.41) is 3.27. The molecule has 0 spiro atoms. The predicted octanol–water partition coefficient (Wildman–Crippen LogP) is 5.00. The average molecular weight is 401 g/mol. The number of aromatic nitrogens is 4. The van der Waals surface area contributed by atoms with E-state index < -0.39 is 28.9 Å². The Morgan fingerprint density at radius 2 is 1.74 bits per heavy atom. The number of fused-ring (bicyclic) bond motifs is 1. The number of imidazole rings is 1. The number of hydrogen-bond acceptors (Lipinski definition) is 4. The highest BCUT2D eigenvalue weighted by molar-refractivity contribution is 6.33. The molecule has 4 aromatic rings. The molecule has 3 aromatic heterocycles. The molecule has 4 rings (SSSR count). The van der Waals surface area contributed by atoms with Crippen LogP contribution in [0.3, 0.4) is 0 Å². The van der Waals surface area contributed by atoms with E-state index in [0.29, 0.717) is 0 Å². The molecule has 0 aliphatic heterocycles. The second kappa shape index (κ2) is 6.02. The number of nitrogens with zero attached hydrogens (tertiary/aromatic N) is 4. The lowest BCUT2D eigenvalue weighted by Gasteiger charge is -2.07. The van der Waals surface area contributed by atoms with Crippen molar-refractivity contribution in [1.82, 2.24) is 19.5 Å². The van der Waals surface area contributed by atoms with Crippen LogP contribution in [0.2, 0.25) is 5.02 Å². The van der Waals surface area contributed by atoms with Crippen molar-refractivity contribution in [2.24, 2.45) is 0 Å². The van der Waals surface area contributed by atoms with Crippen LogP contribution in [0.4, 0.5) is 22.0 Å². The Labute approximate surface area is 152 Å². The zero-order valence-electron chi connectivity index (χ0n) is 12.9. The first-order chi connectivity index (χ1) is 12.7. The highest BCUT2D eigenvalue weighted by atomic mass is 35.5. The summed E-state index contributed by atoms with van der Waals surface area (Å²) in [5.74, 6) is -2.38. The van der Waals surface area contributed by atoms with Gasteiger partial charge in [-0.15, -0.1) is 0 Å². The molecule has 0 amide bonds. The summed E-state index contributed by atoms with van der Waals surface area (Å²) in [4.78, 5) is 7.91. The van der Waals surface area contributed by atoms with E-state index in [1.165, 1.54) is 12.3 Å². The molecule has 0 saturated carbocycles. The van der Waals surface area contributed by atoms with E-state index in [0.717, 1.165) is 28.8 Å². The molecule has 27 heavy (non-hydrogen) atoms. The van der Waals surface area contributed by atoms with E-state index >= 15 is 0 Å². The zero-order chi connectivity index (χ0) is 19.3. The van der Waals surface area contributed by atoms with Gasteiger partial charge in [0.25, 0.3) is 5.89 Å². The maximum Gasteiger partial charge on any atom is 0.417 e. The van der Waals surface area contributed by atoms with Gasteiger partial charge in [0, 0.05) is 12.4 Å². The van der Waals surface area contributed by atoms with Crippen molar-refractivity contribution in [2.75, 3.05) is 0 Å². The van der Waals surface area contributed by atoms with Gasteiger partial charge in [0.1, 0.15) is 17.3 Å². The number of rotatable bonds is 2. The Morgan fingerprint density at radius 1 is 1.04 bits per heavy atom. The molecule has 0 aliphatic carbocycles. The highest BCUT2D eigenvalue weighted by Crippen LogP contribution is 2.33. The minimum absolute atomic E-state index is 0.00766. The maximum absolute atomic E-state index is 13.8. The van der Waals surface area contributed by atoms with Crippen LogP contribution in [0.1, 0.15) is 5.56 Å². The summed E-state index contributed by atoms with van der Waals surface area (Å²) in [7, 11) is 0. The molecular weight excluding hydrogens is 395 g/mol. The standard InChI is InChI=1S/C16H6ClF5N4O/c17-8-4-7(16(20,21)22)5-26-6-11(23-14(8)26)15-24-13(25-27-15)12-9(18)2-1-3-10(12)19/h1-6H. The third-order valence-corrected chi connectivity index (χ3v) is 3.94. The number of pyridine rings is 1. The van der Waals surface area contributed by atoms with Crippen LogP contribution < -0.4 is 0 Å². The van der Waals surface area contributed by atoms with Crippen LogP contribution in [0.5, 0.6) is 0 Å². The summed E-state index contributed by atoms with van der Waals surface area (Å²) >= 11 is 5.86. The number of halogens is 6. The molecule has 0 atom stereocenters. The molecule has 0 unspecified atom stereocenters. The minimum atomic E-state index is -4.59. The lowest BCUT2D eigenvalue weighted by atomic mass is 10.2. The predicted molar refractivity (Wildman–Crippen MR) is 83.8 cm³/mol. The summed E-state index contributed by atoms with van der Waals surface area (Å²) in [6.07, 6.45) is -2.61. The van der Waals surface area contributed by atoms with Crippen molar-refractivity contribution in [2.45, 2.75) is 6.18 Å². The third-order valence-electron chi connectivity index (χ3n) is 3.67. The van der Waals surface area contributed by atoms with Crippen molar-refractivity contribution in [3.63, 3.8) is 0 Å². The summed E-state index contributed by atoms with van der Waals surface area (Å²) in [6.45, 7) is 0. The maximum atomic E-state index is 13.8. The van der Waals surface area contributed by atoms with Gasteiger partial charge < -0.3 is 8.92 Å². The molecule has 3 heterocycles. The van der Waals surface area contributed by atoms with E-state index in [2.05, 4.69) is 15.1 Å². The topological polar surface area (TPSA) is 56.2 Å². The minimum Gasteiger partial charge on any atom is -0.332 e. The lowest BCUT2D eigenvalue weighted by Crippen LogP contribution is -2.06. The van der Waals surface area contributed by atoms with Crippen molar-refractivity contribution in [3.8, 4) is 23.0 Å². The molecule has 0 fully saturated rings. The SMILES string of the molecule is Fc1cccc(F)c1-c1noc(-c2cn3cc(C(F)(F)F)cc(Cl)c3n2)n1. The quantitative estimate of drug-likeness (QED) is 0.444. The van der Waals surface area contributed by atoms with Crippen molar-refractivity contribution >= 4 is 17.2 Å². The summed E-state index contributed by atoms with van der Waals surface area (Å²) < 4.78 is 72.3. The molecule has 11 heteroatoms. The smallest absolute Gasteiger partial charge is 0.332 e. The Hall–Kier alpha value is -3.01.